The van der Waals surface area contributed by atoms with Gasteiger partial charge in [0.15, 0.2) is 9.84 Å². The van der Waals surface area contributed by atoms with Crippen molar-refractivity contribution in [3.8, 4) is 0 Å². The van der Waals surface area contributed by atoms with Crippen molar-refractivity contribution in [1.82, 2.24) is 5.32 Å². The summed E-state index contributed by atoms with van der Waals surface area (Å²) in [5.41, 5.74) is 11.9. The molecule has 12 heteroatoms. The highest BCUT2D eigenvalue weighted by molar-refractivity contribution is 7.91. The van der Waals surface area contributed by atoms with Crippen LogP contribution in [0.3, 0.4) is 0 Å². The van der Waals surface area contributed by atoms with Gasteiger partial charge in [-0.05, 0) is 18.2 Å². The third-order valence-electron chi connectivity index (χ3n) is 2.57. The molecule has 0 saturated carbocycles. The molecule has 1 aromatic carbocycles. The molecular weight excluding hydrogens is 350 g/mol. The Balaban J connectivity index is 2.47. The first-order valence-corrected chi connectivity index (χ1v) is 9.44. The number of nitrogen functional groups attached to an aromatic ring is 2. The minimum atomic E-state index is -4.68. The van der Waals surface area contributed by atoms with Gasteiger partial charge in [0, 0.05) is 23.5 Å². The molecule has 0 fully saturated rings. The van der Waals surface area contributed by atoms with Crippen LogP contribution in [0.2, 0.25) is 0 Å². The van der Waals surface area contributed by atoms with Crippen LogP contribution in [0.4, 0.5) is 11.4 Å². The van der Waals surface area contributed by atoms with E-state index in [0.29, 0.717) is 11.4 Å². The number of rotatable bonds is 8. The Labute approximate surface area is 133 Å². The van der Waals surface area contributed by atoms with Gasteiger partial charge < -0.3 is 16.8 Å². The van der Waals surface area contributed by atoms with E-state index >= 15 is 0 Å². The molecule has 1 rings (SSSR count). The van der Waals surface area contributed by atoms with E-state index in [1.807, 2.05) is 0 Å². The maximum Gasteiger partial charge on any atom is 0.397 e. The van der Waals surface area contributed by atoms with Gasteiger partial charge in [0.1, 0.15) is 0 Å². The Morgan fingerprint density at radius 1 is 1.09 bits per heavy atom. The van der Waals surface area contributed by atoms with Gasteiger partial charge >= 0.3 is 10.4 Å². The van der Waals surface area contributed by atoms with Crippen LogP contribution in [-0.4, -0.2) is 52.0 Å². The van der Waals surface area contributed by atoms with Crippen LogP contribution in [0.1, 0.15) is 10.4 Å². The molecule has 23 heavy (non-hydrogen) atoms. The van der Waals surface area contributed by atoms with Crippen LogP contribution in [-0.2, 0) is 24.4 Å². The van der Waals surface area contributed by atoms with Crippen molar-refractivity contribution in [2.45, 2.75) is 0 Å². The van der Waals surface area contributed by atoms with E-state index in [9.17, 15) is 21.6 Å². The van der Waals surface area contributed by atoms with Crippen LogP contribution in [0.15, 0.2) is 18.2 Å². The second-order valence-corrected chi connectivity index (χ2v) is 7.94. The second-order valence-electron chi connectivity index (χ2n) is 4.55. The molecule has 0 aromatic heterocycles. The van der Waals surface area contributed by atoms with Crippen molar-refractivity contribution >= 4 is 37.5 Å². The Kier molecular flexibility index (Phi) is 6.32. The van der Waals surface area contributed by atoms with Gasteiger partial charge in [-0.25, -0.2) is 12.6 Å². The van der Waals surface area contributed by atoms with Crippen LogP contribution in [0.25, 0.3) is 0 Å². The number of carbonyl (C=O) groups is 1. The van der Waals surface area contributed by atoms with E-state index in [1.165, 1.54) is 18.2 Å². The molecule has 0 saturated heterocycles. The van der Waals surface area contributed by atoms with Gasteiger partial charge in [-0.2, -0.15) is 8.42 Å². The van der Waals surface area contributed by atoms with Crippen molar-refractivity contribution in [3.63, 3.8) is 0 Å². The first-order valence-electron chi connectivity index (χ1n) is 6.25. The van der Waals surface area contributed by atoms with E-state index in [1.54, 1.807) is 0 Å². The number of anilines is 2. The predicted octanol–water partition coefficient (Wildman–Crippen LogP) is -1.18. The normalized spacial score (nSPS) is 12.0. The summed E-state index contributed by atoms with van der Waals surface area (Å²) in [6.07, 6.45) is 0. The van der Waals surface area contributed by atoms with E-state index in [-0.39, 0.29) is 12.1 Å². The first kappa shape index (κ1) is 19.2. The van der Waals surface area contributed by atoms with Crippen LogP contribution >= 0.6 is 0 Å². The number of hydrogen-bond acceptors (Lipinski definition) is 8. The van der Waals surface area contributed by atoms with Gasteiger partial charge in [0.25, 0.3) is 5.91 Å². The molecule has 1 amide bonds. The standard InChI is InChI=1S/C11H17N3O7S2/c12-9-5-8(6-10(13)7-9)11(15)14-1-3-22(16,17)4-2-21-23(18,19)20/h5-7H,1-4,12-13H2,(H,14,15)(H,18,19,20). The number of nitrogens with two attached hydrogens (primary N) is 2. The molecule has 0 spiro atoms. The quantitative estimate of drug-likeness (QED) is 0.325. The number of hydrogen-bond donors (Lipinski definition) is 4. The van der Waals surface area contributed by atoms with Crippen molar-refractivity contribution in [3.05, 3.63) is 23.8 Å². The molecule has 0 radical (unpaired) electrons. The second kappa shape index (κ2) is 7.59. The maximum absolute atomic E-state index is 11.8. The molecule has 130 valence electrons. The fraction of sp³-hybridized carbons (Fsp3) is 0.364. The molecule has 0 aliphatic heterocycles. The number of amides is 1. The number of nitrogens with one attached hydrogen (secondary N) is 1. The van der Waals surface area contributed by atoms with E-state index in [0.717, 1.165) is 0 Å². The summed E-state index contributed by atoms with van der Waals surface area (Å²) >= 11 is 0. The van der Waals surface area contributed by atoms with Crippen LogP contribution in [0, 0.1) is 0 Å². The minimum absolute atomic E-state index is 0.189. The number of sulfone groups is 1. The highest BCUT2D eigenvalue weighted by Crippen LogP contribution is 2.13. The molecule has 0 bridgehead atoms. The fourth-order valence-corrected chi connectivity index (χ4v) is 2.95. The molecule has 0 atom stereocenters. The van der Waals surface area contributed by atoms with Crippen molar-refractivity contribution in [2.24, 2.45) is 0 Å². The first-order chi connectivity index (χ1) is 10.5. The van der Waals surface area contributed by atoms with E-state index in [4.69, 9.17) is 16.0 Å². The topological polar surface area (TPSA) is 179 Å². The molecule has 6 N–H and O–H groups in total. The molecule has 0 aliphatic rings. The Morgan fingerprint density at radius 2 is 1.65 bits per heavy atom. The zero-order valence-corrected chi connectivity index (χ0v) is 13.6. The zero-order chi connectivity index (χ0) is 17.7. The molecule has 1 aromatic rings. The summed E-state index contributed by atoms with van der Waals surface area (Å²) in [6.45, 7) is -0.900. The summed E-state index contributed by atoms with van der Waals surface area (Å²) in [5, 5.41) is 2.38. The fourth-order valence-electron chi connectivity index (χ4n) is 1.60. The largest absolute Gasteiger partial charge is 0.399 e. The van der Waals surface area contributed by atoms with Gasteiger partial charge in [-0.1, -0.05) is 0 Å². The van der Waals surface area contributed by atoms with Crippen LogP contribution < -0.4 is 16.8 Å². The average molecular weight is 367 g/mol. The summed E-state index contributed by atoms with van der Waals surface area (Å²) < 4.78 is 56.0. The lowest BCUT2D eigenvalue weighted by molar-refractivity contribution is 0.0956. The van der Waals surface area contributed by atoms with Crippen LogP contribution in [0.5, 0.6) is 0 Å². The van der Waals surface area contributed by atoms with Gasteiger partial charge in [0.05, 0.1) is 18.1 Å². The monoisotopic (exact) mass is 367 g/mol. The zero-order valence-electron chi connectivity index (χ0n) is 11.9. The summed E-state index contributed by atoms with van der Waals surface area (Å²) in [5.74, 6) is -1.59. The maximum atomic E-state index is 11.8. The smallest absolute Gasteiger partial charge is 0.397 e. The SMILES string of the molecule is Nc1cc(N)cc(C(=O)NCCS(=O)(=O)CCOS(=O)(=O)O)c1. The van der Waals surface area contributed by atoms with Crippen molar-refractivity contribution < 1.29 is 30.4 Å². The summed E-state index contributed by atoms with van der Waals surface area (Å²) in [7, 11) is -8.35. The summed E-state index contributed by atoms with van der Waals surface area (Å²) in [6, 6.07) is 4.25. The lowest BCUT2D eigenvalue weighted by Gasteiger charge is -2.08. The van der Waals surface area contributed by atoms with Crippen molar-refractivity contribution in [1.29, 1.82) is 0 Å². The molecule has 0 aliphatic carbocycles. The Morgan fingerprint density at radius 3 is 2.17 bits per heavy atom. The van der Waals surface area contributed by atoms with Gasteiger partial charge in [0.2, 0.25) is 0 Å². The van der Waals surface area contributed by atoms with Gasteiger partial charge in [-0.3, -0.25) is 9.35 Å². The van der Waals surface area contributed by atoms with E-state index < -0.39 is 44.3 Å². The van der Waals surface area contributed by atoms with Crippen molar-refractivity contribution in [2.75, 3.05) is 36.1 Å². The number of carbonyl (C=O) groups excluding carboxylic acids is 1. The lowest BCUT2D eigenvalue weighted by Crippen LogP contribution is -2.30. The highest BCUT2D eigenvalue weighted by atomic mass is 32.3. The lowest BCUT2D eigenvalue weighted by atomic mass is 10.1. The minimum Gasteiger partial charge on any atom is -0.399 e. The third-order valence-corrected chi connectivity index (χ3v) is 4.64. The predicted molar refractivity (Wildman–Crippen MR) is 83.8 cm³/mol. The molecular formula is C11H17N3O7S2. The highest BCUT2D eigenvalue weighted by Gasteiger charge is 2.15. The van der Waals surface area contributed by atoms with E-state index in [2.05, 4.69) is 9.50 Å². The Hall–Kier alpha value is -1.89. The molecule has 0 unspecified atom stereocenters. The molecule has 0 heterocycles. The summed E-state index contributed by atoms with van der Waals surface area (Å²) in [4.78, 5) is 11.8. The third kappa shape index (κ3) is 7.78. The molecule has 10 nitrogen and oxygen atoms in total. The Bertz CT molecular complexity index is 755. The number of benzene rings is 1. The average Bonchev–Trinajstić information content (AvgIpc) is 2.35. The van der Waals surface area contributed by atoms with Gasteiger partial charge in [-0.15, -0.1) is 0 Å².